The van der Waals surface area contributed by atoms with E-state index in [1.54, 1.807) is 0 Å². The van der Waals surface area contributed by atoms with Crippen molar-refractivity contribution in [2.75, 3.05) is 32.8 Å². The van der Waals surface area contributed by atoms with Gasteiger partial charge in [0.15, 0.2) is 0 Å². The number of carbonyl (C=O) groups excluding carboxylic acids is 1. The lowest BCUT2D eigenvalue weighted by atomic mass is 10.1. The van der Waals surface area contributed by atoms with E-state index >= 15 is 0 Å². The van der Waals surface area contributed by atoms with Crippen LogP contribution in [0.2, 0.25) is 0 Å². The highest BCUT2D eigenvalue weighted by Crippen LogP contribution is 2.23. The first-order valence-electron chi connectivity index (χ1n) is 8.29. The number of rotatable bonds is 9. The first-order chi connectivity index (χ1) is 11.2. The number of carbonyl (C=O) groups is 1. The molecule has 0 bridgehead atoms. The average Bonchev–Trinajstić information content (AvgIpc) is 2.62. The van der Waals surface area contributed by atoms with Gasteiger partial charge in [0, 0.05) is 12.2 Å². The zero-order valence-corrected chi connectivity index (χ0v) is 14.1. The molecule has 0 saturated heterocycles. The Kier molecular flexibility index (Phi) is 6.51. The number of hydrogen-bond donors (Lipinski definition) is 0. The quantitative estimate of drug-likeness (QED) is 0.398. The van der Waals surface area contributed by atoms with Gasteiger partial charge < -0.3 is 4.74 Å². The topological polar surface area (TPSA) is 26.3 Å². The van der Waals surface area contributed by atoms with Gasteiger partial charge >= 0.3 is 0 Å². The van der Waals surface area contributed by atoms with Crippen molar-refractivity contribution in [2.24, 2.45) is 0 Å². The molecule has 2 aromatic carbocycles. The number of hydrogen-bond acceptors (Lipinski definition) is 2. The summed E-state index contributed by atoms with van der Waals surface area (Å²) in [6.45, 7) is 7.60. The van der Waals surface area contributed by atoms with E-state index in [9.17, 15) is 4.79 Å². The van der Waals surface area contributed by atoms with Crippen molar-refractivity contribution < 1.29 is 9.53 Å². The van der Waals surface area contributed by atoms with Crippen molar-refractivity contribution >= 4 is 11.5 Å². The maximum absolute atomic E-state index is 12.8. The molecule has 0 radical (unpaired) electrons. The van der Waals surface area contributed by atoms with Crippen LogP contribution in [-0.2, 0) is 4.74 Å². The third kappa shape index (κ3) is 4.50. The van der Waals surface area contributed by atoms with E-state index in [0.717, 1.165) is 18.7 Å². The maximum atomic E-state index is 12.8. The summed E-state index contributed by atoms with van der Waals surface area (Å²) in [4.78, 5) is 12.8. The summed E-state index contributed by atoms with van der Waals surface area (Å²) in [5.41, 5.74) is 1.94. The van der Waals surface area contributed by atoms with Gasteiger partial charge in [0.05, 0.1) is 13.2 Å². The monoisotopic (exact) mass is 312 g/mol. The third-order valence-corrected chi connectivity index (χ3v) is 4.32. The summed E-state index contributed by atoms with van der Waals surface area (Å²) >= 11 is 0. The van der Waals surface area contributed by atoms with Crippen LogP contribution in [0.25, 0.3) is 0 Å². The van der Waals surface area contributed by atoms with Crippen molar-refractivity contribution in [1.82, 2.24) is 4.48 Å². The zero-order chi connectivity index (χ0) is 16.5. The summed E-state index contributed by atoms with van der Waals surface area (Å²) in [6.07, 6.45) is 0. The van der Waals surface area contributed by atoms with Crippen LogP contribution < -0.4 is 4.48 Å². The molecule has 0 saturated carbocycles. The van der Waals surface area contributed by atoms with Crippen LogP contribution in [0.5, 0.6) is 0 Å². The van der Waals surface area contributed by atoms with Crippen LogP contribution in [0.3, 0.4) is 0 Å². The Bertz CT molecular complexity index is 598. The fourth-order valence-corrected chi connectivity index (χ4v) is 2.87. The fourth-order valence-electron chi connectivity index (χ4n) is 2.87. The first kappa shape index (κ1) is 17.4. The molecule has 3 nitrogen and oxygen atoms in total. The second-order valence-electron chi connectivity index (χ2n) is 5.66. The molecule has 2 rings (SSSR count). The first-order valence-corrected chi connectivity index (χ1v) is 8.29. The van der Waals surface area contributed by atoms with Gasteiger partial charge in [0.25, 0.3) is 0 Å². The molecule has 23 heavy (non-hydrogen) atoms. The van der Waals surface area contributed by atoms with Crippen LogP contribution in [0.15, 0.2) is 60.7 Å². The van der Waals surface area contributed by atoms with Gasteiger partial charge in [0.2, 0.25) is 5.78 Å². The minimum absolute atomic E-state index is 0.174. The largest absolute Gasteiger partial charge is 0.376 e. The highest BCUT2D eigenvalue weighted by molar-refractivity contribution is 5.98. The van der Waals surface area contributed by atoms with Gasteiger partial charge in [-0.25, -0.2) is 0 Å². The summed E-state index contributed by atoms with van der Waals surface area (Å²) < 4.78 is 6.19. The molecule has 0 N–H and O–H groups in total. The van der Waals surface area contributed by atoms with E-state index in [-0.39, 0.29) is 5.78 Å². The number of ketones is 1. The number of nitrogens with zero attached hydrogens (tertiary/aromatic N) is 1. The lowest BCUT2D eigenvalue weighted by molar-refractivity contribution is 0.0874. The normalized spacial score (nSPS) is 13.5. The molecule has 0 aliphatic heterocycles. The zero-order valence-electron chi connectivity index (χ0n) is 14.1. The smallest absolute Gasteiger partial charge is 0.217 e. The molecule has 0 aliphatic rings. The van der Waals surface area contributed by atoms with Crippen molar-refractivity contribution in [1.29, 1.82) is 0 Å². The van der Waals surface area contributed by atoms with Crippen LogP contribution in [0, 0.1) is 0 Å². The minimum atomic E-state index is 0.174. The van der Waals surface area contributed by atoms with E-state index in [4.69, 9.17) is 4.74 Å². The van der Waals surface area contributed by atoms with Crippen LogP contribution in [-0.4, -0.2) is 38.6 Å². The predicted octanol–water partition coefficient (Wildman–Crippen LogP) is 3.93. The number of quaternary nitrogens is 1. The second-order valence-corrected chi connectivity index (χ2v) is 5.66. The Balaban J connectivity index is 2.27. The van der Waals surface area contributed by atoms with E-state index < -0.39 is 0 Å². The van der Waals surface area contributed by atoms with Gasteiger partial charge in [-0.1, -0.05) is 48.5 Å². The lowest BCUT2D eigenvalue weighted by Crippen LogP contribution is -2.54. The summed E-state index contributed by atoms with van der Waals surface area (Å²) in [6, 6.07) is 19.8. The Morgan fingerprint density at radius 2 is 1.57 bits per heavy atom. The van der Waals surface area contributed by atoms with Crippen molar-refractivity contribution in [3.63, 3.8) is 0 Å². The van der Waals surface area contributed by atoms with Crippen LogP contribution in [0.1, 0.15) is 24.2 Å². The Labute approximate surface area is 139 Å². The molecule has 1 unspecified atom stereocenters. The van der Waals surface area contributed by atoms with E-state index in [1.165, 1.54) is 5.69 Å². The molecule has 0 heterocycles. The predicted molar refractivity (Wildman–Crippen MR) is 95.8 cm³/mol. The van der Waals surface area contributed by atoms with E-state index in [0.29, 0.717) is 24.2 Å². The highest BCUT2D eigenvalue weighted by Gasteiger charge is 2.31. The fraction of sp³-hybridized carbons (Fsp3) is 0.350. The van der Waals surface area contributed by atoms with E-state index in [1.807, 2.05) is 55.5 Å². The minimum Gasteiger partial charge on any atom is -0.376 e. The molecule has 3 heteroatoms. The summed E-state index contributed by atoms with van der Waals surface area (Å²) in [5.74, 6) is 0.174. The molecule has 0 aliphatic carbocycles. The lowest BCUT2D eigenvalue weighted by Gasteiger charge is -2.36. The van der Waals surface area contributed by atoms with Gasteiger partial charge in [0.1, 0.15) is 18.8 Å². The van der Waals surface area contributed by atoms with Gasteiger partial charge in [-0.05, 0) is 26.0 Å². The molecule has 0 fully saturated rings. The van der Waals surface area contributed by atoms with Gasteiger partial charge in [-0.2, -0.15) is 0 Å². The van der Waals surface area contributed by atoms with Gasteiger partial charge in [-0.15, -0.1) is 0 Å². The number of Topliss-reactive ketones (excluding diaryl/α,β-unsaturated/α-hetero) is 1. The molecule has 2 aromatic rings. The third-order valence-electron chi connectivity index (χ3n) is 4.32. The SMILES string of the molecule is CCOCC[N+](CC)(CC(=O)c1ccccc1)c1ccccc1. The Hall–Kier alpha value is -1.97. The molecular weight excluding hydrogens is 286 g/mol. The van der Waals surface area contributed by atoms with Gasteiger partial charge in [-0.3, -0.25) is 9.28 Å². The van der Waals surface area contributed by atoms with Crippen molar-refractivity contribution in [3.05, 3.63) is 66.2 Å². The summed E-state index contributed by atoms with van der Waals surface area (Å²) in [5, 5.41) is 0. The average molecular weight is 312 g/mol. The Morgan fingerprint density at radius 1 is 0.957 bits per heavy atom. The van der Waals surface area contributed by atoms with Crippen LogP contribution >= 0.6 is 0 Å². The van der Waals surface area contributed by atoms with Crippen molar-refractivity contribution in [2.45, 2.75) is 13.8 Å². The Morgan fingerprint density at radius 3 is 2.13 bits per heavy atom. The van der Waals surface area contributed by atoms with Crippen molar-refractivity contribution in [3.8, 4) is 0 Å². The molecular formula is C20H26NO2+. The standard InChI is InChI=1S/C20H26NO2/c1-3-21(15-16-23-4-2,19-13-9-6-10-14-19)17-20(22)18-11-7-5-8-12-18/h5-14H,3-4,15-17H2,1-2H3/q+1. The molecule has 0 spiro atoms. The number of benzene rings is 2. The molecule has 1 atom stereocenters. The second kappa shape index (κ2) is 8.61. The number of ether oxygens (including phenoxy) is 1. The van der Waals surface area contributed by atoms with Crippen LogP contribution in [0.4, 0.5) is 5.69 Å². The number of likely N-dealkylation sites (N-methyl/N-ethyl adjacent to an activating group) is 1. The molecule has 122 valence electrons. The molecule has 0 aromatic heterocycles. The maximum Gasteiger partial charge on any atom is 0.217 e. The van der Waals surface area contributed by atoms with E-state index in [2.05, 4.69) is 19.1 Å². The number of para-hydroxylation sites is 1. The summed E-state index contributed by atoms with van der Waals surface area (Å²) in [7, 11) is 0. The highest BCUT2D eigenvalue weighted by atomic mass is 16.5. The molecule has 0 amide bonds.